The van der Waals surface area contributed by atoms with Gasteiger partial charge >= 0.3 is 0 Å². The molecule has 0 aliphatic carbocycles. The van der Waals surface area contributed by atoms with Crippen molar-refractivity contribution >= 4 is 0 Å². The molecule has 0 saturated carbocycles. The van der Waals surface area contributed by atoms with Crippen LogP contribution in [0, 0.1) is 0 Å². The maximum Gasteiger partial charge on any atom is 0.218 e. The van der Waals surface area contributed by atoms with Gasteiger partial charge in [0.2, 0.25) is 5.79 Å². The number of aliphatic hydroxyl groups excluding tert-OH is 3. The standard InChI is InChI=1S/C7H14O6/c1-12-5-4(9)2-13-7(11,3-8)6(5)10/h4-6,8-11H,2-3H2,1H3/t4-,5-,6-,7-/m1/s1. The maximum absolute atomic E-state index is 9.45. The minimum atomic E-state index is -2.04. The second kappa shape index (κ2) is 3.87. The van der Waals surface area contributed by atoms with Gasteiger partial charge in [-0.2, -0.15) is 0 Å². The molecule has 13 heavy (non-hydrogen) atoms. The van der Waals surface area contributed by atoms with E-state index < -0.39 is 30.7 Å². The minimum absolute atomic E-state index is 0.188. The molecule has 0 bridgehead atoms. The van der Waals surface area contributed by atoms with E-state index in [1.54, 1.807) is 0 Å². The molecule has 6 heteroatoms. The lowest BCUT2D eigenvalue weighted by Crippen LogP contribution is -2.63. The van der Waals surface area contributed by atoms with E-state index in [0.29, 0.717) is 0 Å². The Balaban J connectivity index is 2.74. The highest BCUT2D eigenvalue weighted by molar-refractivity contribution is 4.91. The lowest BCUT2D eigenvalue weighted by atomic mass is 9.97. The van der Waals surface area contributed by atoms with E-state index >= 15 is 0 Å². The number of hydrogen-bond acceptors (Lipinski definition) is 6. The van der Waals surface area contributed by atoms with Gasteiger partial charge in [-0.3, -0.25) is 0 Å². The van der Waals surface area contributed by atoms with Gasteiger partial charge in [0.15, 0.2) is 0 Å². The third-order valence-corrected chi connectivity index (χ3v) is 2.16. The molecule has 6 nitrogen and oxygen atoms in total. The van der Waals surface area contributed by atoms with Crippen molar-refractivity contribution in [2.45, 2.75) is 24.1 Å². The molecule has 1 saturated heterocycles. The molecule has 0 aromatic heterocycles. The van der Waals surface area contributed by atoms with Crippen LogP contribution in [-0.2, 0) is 9.47 Å². The monoisotopic (exact) mass is 194 g/mol. The van der Waals surface area contributed by atoms with Gasteiger partial charge in [-0.05, 0) is 0 Å². The van der Waals surface area contributed by atoms with Crippen molar-refractivity contribution in [1.82, 2.24) is 0 Å². The molecule has 1 heterocycles. The van der Waals surface area contributed by atoms with Crippen molar-refractivity contribution in [1.29, 1.82) is 0 Å². The van der Waals surface area contributed by atoms with Gasteiger partial charge in [0.05, 0.1) is 13.2 Å². The second-order valence-corrected chi connectivity index (χ2v) is 3.03. The number of ether oxygens (including phenoxy) is 2. The van der Waals surface area contributed by atoms with Gasteiger partial charge in [0.1, 0.15) is 18.3 Å². The van der Waals surface area contributed by atoms with Crippen molar-refractivity contribution in [3.63, 3.8) is 0 Å². The molecule has 0 radical (unpaired) electrons. The van der Waals surface area contributed by atoms with E-state index in [1.807, 2.05) is 0 Å². The highest BCUT2D eigenvalue weighted by atomic mass is 16.7. The Hall–Kier alpha value is -0.240. The highest BCUT2D eigenvalue weighted by Crippen LogP contribution is 2.24. The summed E-state index contributed by atoms with van der Waals surface area (Å²) in [7, 11) is 1.29. The van der Waals surface area contributed by atoms with Crippen LogP contribution >= 0.6 is 0 Å². The summed E-state index contributed by atoms with van der Waals surface area (Å²) in [6.07, 6.45) is -3.43. The first-order chi connectivity index (χ1) is 6.05. The van der Waals surface area contributed by atoms with E-state index in [-0.39, 0.29) is 6.61 Å². The second-order valence-electron chi connectivity index (χ2n) is 3.03. The third kappa shape index (κ3) is 1.83. The smallest absolute Gasteiger partial charge is 0.218 e. The SMILES string of the molecule is CO[C@@H]1[C@H](O)CO[C@](O)(CO)[C@@H]1O. The molecule has 4 N–H and O–H groups in total. The van der Waals surface area contributed by atoms with Crippen molar-refractivity contribution in [3.05, 3.63) is 0 Å². The molecular formula is C7H14O6. The van der Waals surface area contributed by atoms with Gasteiger partial charge < -0.3 is 29.9 Å². The summed E-state index contributed by atoms with van der Waals surface area (Å²) in [5.74, 6) is -2.04. The molecule has 0 amide bonds. The Labute approximate surface area is 75.3 Å². The fourth-order valence-electron chi connectivity index (χ4n) is 1.30. The minimum Gasteiger partial charge on any atom is -0.391 e. The lowest BCUT2D eigenvalue weighted by molar-refractivity contribution is -0.334. The fourth-order valence-corrected chi connectivity index (χ4v) is 1.30. The molecule has 0 aromatic carbocycles. The van der Waals surface area contributed by atoms with Crippen molar-refractivity contribution in [2.75, 3.05) is 20.3 Å². The number of aliphatic hydroxyl groups is 4. The Morgan fingerprint density at radius 2 is 2.15 bits per heavy atom. The van der Waals surface area contributed by atoms with Crippen LogP contribution in [0.3, 0.4) is 0 Å². The van der Waals surface area contributed by atoms with Gasteiger partial charge in [0, 0.05) is 7.11 Å². The first kappa shape index (κ1) is 10.8. The molecule has 1 rings (SSSR count). The van der Waals surface area contributed by atoms with E-state index in [4.69, 9.17) is 14.6 Å². The Morgan fingerprint density at radius 1 is 1.54 bits per heavy atom. The normalized spacial score (nSPS) is 46.4. The van der Waals surface area contributed by atoms with Gasteiger partial charge in [-0.25, -0.2) is 0 Å². The van der Waals surface area contributed by atoms with Crippen LogP contribution in [0.1, 0.15) is 0 Å². The summed E-state index contributed by atoms with van der Waals surface area (Å²) in [4.78, 5) is 0. The Kier molecular flexibility index (Phi) is 3.23. The molecule has 0 unspecified atom stereocenters. The zero-order valence-corrected chi connectivity index (χ0v) is 7.25. The summed E-state index contributed by atoms with van der Waals surface area (Å²) >= 11 is 0. The number of rotatable bonds is 2. The lowest BCUT2D eigenvalue weighted by Gasteiger charge is -2.41. The molecule has 1 fully saturated rings. The molecule has 1 aliphatic heterocycles. The molecule has 0 aromatic rings. The first-order valence-electron chi connectivity index (χ1n) is 3.91. The quantitative estimate of drug-likeness (QED) is 0.386. The molecule has 0 spiro atoms. The average Bonchev–Trinajstić information content (AvgIpc) is 2.13. The summed E-state index contributed by atoms with van der Waals surface area (Å²) < 4.78 is 9.46. The third-order valence-electron chi connectivity index (χ3n) is 2.16. The van der Waals surface area contributed by atoms with Gasteiger partial charge in [-0.15, -0.1) is 0 Å². The van der Waals surface area contributed by atoms with Crippen LogP contribution in [-0.4, -0.2) is 64.8 Å². The van der Waals surface area contributed by atoms with E-state index in [0.717, 1.165) is 0 Å². The van der Waals surface area contributed by atoms with E-state index in [2.05, 4.69) is 0 Å². The van der Waals surface area contributed by atoms with Crippen LogP contribution < -0.4 is 0 Å². The summed E-state index contributed by atoms with van der Waals surface area (Å²) in [6, 6.07) is 0. The largest absolute Gasteiger partial charge is 0.391 e. The maximum atomic E-state index is 9.45. The topological polar surface area (TPSA) is 99.4 Å². The van der Waals surface area contributed by atoms with Crippen LogP contribution in [0.15, 0.2) is 0 Å². The highest BCUT2D eigenvalue weighted by Gasteiger charge is 2.48. The predicted octanol–water partition coefficient (Wildman–Crippen LogP) is -2.57. The molecular weight excluding hydrogens is 180 g/mol. The number of hydrogen-bond donors (Lipinski definition) is 4. The number of methoxy groups -OCH3 is 1. The molecule has 78 valence electrons. The zero-order valence-electron chi connectivity index (χ0n) is 7.25. The van der Waals surface area contributed by atoms with Crippen LogP contribution in [0.25, 0.3) is 0 Å². The summed E-state index contributed by atoms with van der Waals surface area (Å²) in [5.41, 5.74) is 0. The van der Waals surface area contributed by atoms with Crippen molar-refractivity contribution in [3.8, 4) is 0 Å². The predicted molar refractivity (Wildman–Crippen MR) is 40.8 cm³/mol. The van der Waals surface area contributed by atoms with Gasteiger partial charge in [-0.1, -0.05) is 0 Å². The Morgan fingerprint density at radius 3 is 2.62 bits per heavy atom. The fraction of sp³-hybridized carbons (Fsp3) is 1.00. The summed E-state index contributed by atoms with van der Waals surface area (Å²) in [6.45, 7) is -0.937. The average molecular weight is 194 g/mol. The summed E-state index contributed by atoms with van der Waals surface area (Å²) in [5, 5.41) is 36.9. The van der Waals surface area contributed by atoms with Crippen LogP contribution in [0.2, 0.25) is 0 Å². The van der Waals surface area contributed by atoms with Crippen molar-refractivity contribution in [2.24, 2.45) is 0 Å². The van der Waals surface area contributed by atoms with Gasteiger partial charge in [0.25, 0.3) is 0 Å². The molecule has 1 aliphatic rings. The zero-order chi connectivity index (χ0) is 10.1. The van der Waals surface area contributed by atoms with E-state index in [9.17, 15) is 15.3 Å². The van der Waals surface area contributed by atoms with Crippen LogP contribution in [0.4, 0.5) is 0 Å². The van der Waals surface area contributed by atoms with Crippen LogP contribution in [0.5, 0.6) is 0 Å². The van der Waals surface area contributed by atoms with Crippen molar-refractivity contribution < 1.29 is 29.9 Å². The first-order valence-corrected chi connectivity index (χ1v) is 3.91. The van der Waals surface area contributed by atoms with E-state index in [1.165, 1.54) is 7.11 Å². The molecule has 4 atom stereocenters. The Bertz CT molecular complexity index is 174.